The van der Waals surface area contributed by atoms with Gasteiger partial charge in [0.15, 0.2) is 5.16 Å². The molecule has 0 spiro atoms. The summed E-state index contributed by atoms with van der Waals surface area (Å²) in [7, 11) is 0. The molecular formula is C12H16N4S2. The molecule has 2 heterocycles. The maximum absolute atomic E-state index is 4.64. The van der Waals surface area contributed by atoms with Crippen molar-refractivity contribution in [2.75, 3.05) is 0 Å². The highest BCUT2D eigenvalue weighted by atomic mass is 32.2. The fourth-order valence-corrected chi connectivity index (χ4v) is 3.55. The molecule has 0 amide bonds. The zero-order chi connectivity index (χ0) is 12.5. The predicted molar refractivity (Wildman–Crippen MR) is 74.1 cm³/mol. The van der Waals surface area contributed by atoms with Gasteiger partial charge in [-0.15, -0.1) is 21.5 Å². The van der Waals surface area contributed by atoms with Gasteiger partial charge in [0.05, 0.1) is 10.7 Å². The number of hydrogen-bond acceptors (Lipinski definition) is 5. The van der Waals surface area contributed by atoms with E-state index in [1.165, 1.54) is 17.8 Å². The minimum absolute atomic E-state index is 0.517. The van der Waals surface area contributed by atoms with E-state index in [4.69, 9.17) is 0 Å². The Hall–Kier alpha value is -0.880. The molecule has 18 heavy (non-hydrogen) atoms. The number of aromatic nitrogens is 4. The second-order valence-corrected chi connectivity index (χ2v) is 6.70. The van der Waals surface area contributed by atoms with Crippen LogP contribution in [-0.2, 0) is 5.75 Å². The fourth-order valence-electron chi connectivity index (χ4n) is 1.73. The average molecular weight is 280 g/mol. The molecule has 0 unspecified atom stereocenters. The lowest BCUT2D eigenvalue weighted by Crippen LogP contribution is -1.95. The lowest BCUT2D eigenvalue weighted by atomic mass is 10.2. The third-order valence-corrected chi connectivity index (χ3v) is 5.08. The summed E-state index contributed by atoms with van der Waals surface area (Å²) in [6.07, 6.45) is 4.38. The van der Waals surface area contributed by atoms with Crippen molar-refractivity contribution in [2.24, 2.45) is 0 Å². The first-order valence-electron chi connectivity index (χ1n) is 6.20. The van der Waals surface area contributed by atoms with E-state index in [0.717, 1.165) is 16.6 Å². The van der Waals surface area contributed by atoms with Crippen LogP contribution in [0, 0.1) is 0 Å². The van der Waals surface area contributed by atoms with Crippen molar-refractivity contribution in [2.45, 2.75) is 49.6 Å². The molecular weight excluding hydrogens is 264 g/mol. The lowest BCUT2D eigenvalue weighted by molar-refractivity contribution is 0.663. The van der Waals surface area contributed by atoms with E-state index >= 15 is 0 Å². The Morgan fingerprint density at radius 2 is 2.33 bits per heavy atom. The van der Waals surface area contributed by atoms with Crippen LogP contribution in [0.2, 0.25) is 0 Å². The number of hydrogen-bond donors (Lipinski definition) is 0. The zero-order valence-corrected chi connectivity index (χ0v) is 12.2. The van der Waals surface area contributed by atoms with Crippen LogP contribution in [0.4, 0.5) is 0 Å². The van der Waals surface area contributed by atoms with Crippen LogP contribution in [0.25, 0.3) is 0 Å². The van der Waals surface area contributed by atoms with Crippen LogP contribution in [0.5, 0.6) is 0 Å². The minimum Gasteiger partial charge on any atom is -0.306 e. The number of thioether (sulfide) groups is 1. The Kier molecular flexibility index (Phi) is 3.39. The molecule has 0 atom stereocenters. The van der Waals surface area contributed by atoms with Gasteiger partial charge < -0.3 is 4.57 Å². The van der Waals surface area contributed by atoms with Crippen LogP contribution < -0.4 is 0 Å². The summed E-state index contributed by atoms with van der Waals surface area (Å²) < 4.78 is 2.19. The van der Waals surface area contributed by atoms with Gasteiger partial charge in [0.2, 0.25) is 0 Å². The van der Waals surface area contributed by atoms with Crippen molar-refractivity contribution in [3.05, 3.63) is 22.4 Å². The second-order valence-electron chi connectivity index (χ2n) is 4.87. The van der Waals surface area contributed by atoms with E-state index in [9.17, 15) is 0 Å². The summed E-state index contributed by atoms with van der Waals surface area (Å²) in [5.41, 5.74) is 1.15. The van der Waals surface area contributed by atoms with Gasteiger partial charge in [0.25, 0.3) is 0 Å². The predicted octanol–water partition coefficient (Wildman–Crippen LogP) is 3.49. The molecule has 2 aromatic heterocycles. The molecule has 96 valence electrons. The summed E-state index contributed by atoms with van der Waals surface area (Å²) in [5.74, 6) is 1.40. The topological polar surface area (TPSA) is 43.6 Å². The minimum atomic E-state index is 0.517. The molecule has 0 bridgehead atoms. The second kappa shape index (κ2) is 5.01. The normalized spacial score (nSPS) is 15.5. The number of rotatable bonds is 5. The van der Waals surface area contributed by atoms with Gasteiger partial charge in [-0.05, 0) is 12.8 Å². The van der Waals surface area contributed by atoms with Gasteiger partial charge >= 0.3 is 0 Å². The van der Waals surface area contributed by atoms with Crippen molar-refractivity contribution in [1.29, 1.82) is 0 Å². The molecule has 6 heteroatoms. The fraction of sp³-hybridized carbons (Fsp3) is 0.583. The van der Waals surface area contributed by atoms with Crippen molar-refractivity contribution >= 4 is 23.1 Å². The standard InChI is InChI=1S/C12H16N4S2/c1-8(2)11-14-9(5-17-11)6-18-12-15-13-7-16(12)10-3-4-10/h5,7-8,10H,3-4,6H2,1-2H3. The highest BCUT2D eigenvalue weighted by Crippen LogP contribution is 2.37. The quantitative estimate of drug-likeness (QED) is 0.786. The average Bonchev–Trinajstić information content (AvgIpc) is 2.92. The summed E-state index contributed by atoms with van der Waals surface area (Å²) >= 11 is 3.48. The Bertz CT molecular complexity index is 528. The molecule has 4 nitrogen and oxygen atoms in total. The van der Waals surface area contributed by atoms with Gasteiger partial charge in [-0.3, -0.25) is 0 Å². The maximum Gasteiger partial charge on any atom is 0.191 e. The Morgan fingerprint density at radius 3 is 3.00 bits per heavy atom. The Labute approximate surface area is 115 Å². The van der Waals surface area contributed by atoms with E-state index in [2.05, 4.69) is 39.0 Å². The van der Waals surface area contributed by atoms with Crippen molar-refractivity contribution in [3.63, 3.8) is 0 Å². The number of nitrogens with zero attached hydrogens (tertiary/aromatic N) is 4. The molecule has 1 aliphatic rings. The molecule has 2 aromatic rings. The highest BCUT2D eigenvalue weighted by Gasteiger charge is 2.26. The van der Waals surface area contributed by atoms with Crippen molar-refractivity contribution < 1.29 is 0 Å². The monoisotopic (exact) mass is 280 g/mol. The molecule has 1 saturated carbocycles. The maximum atomic E-state index is 4.64. The first-order valence-corrected chi connectivity index (χ1v) is 8.07. The molecule has 0 N–H and O–H groups in total. The van der Waals surface area contributed by atoms with Gasteiger partial charge in [-0.25, -0.2) is 4.98 Å². The molecule has 3 rings (SSSR count). The molecule has 1 aliphatic carbocycles. The van der Waals surface area contributed by atoms with Gasteiger partial charge in [-0.1, -0.05) is 25.6 Å². The molecule has 0 aromatic carbocycles. The molecule has 0 radical (unpaired) electrons. The van der Waals surface area contributed by atoms with E-state index in [1.54, 1.807) is 23.1 Å². The zero-order valence-electron chi connectivity index (χ0n) is 10.5. The lowest BCUT2D eigenvalue weighted by Gasteiger charge is -2.02. The smallest absolute Gasteiger partial charge is 0.191 e. The van der Waals surface area contributed by atoms with Crippen LogP contribution >= 0.6 is 23.1 Å². The first kappa shape index (κ1) is 12.2. The van der Waals surface area contributed by atoms with Crippen LogP contribution in [0.3, 0.4) is 0 Å². The third-order valence-electron chi connectivity index (χ3n) is 2.89. The highest BCUT2D eigenvalue weighted by molar-refractivity contribution is 7.98. The van der Waals surface area contributed by atoms with E-state index < -0.39 is 0 Å². The van der Waals surface area contributed by atoms with E-state index in [1.807, 2.05) is 6.33 Å². The Balaban J connectivity index is 1.64. The van der Waals surface area contributed by atoms with Crippen molar-refractivity contribution in [1.82, 2.24) is 19.7 Å². The third kappa shape index (κ3) is 2.59. The van der Waals surface area contributed by atoms with Gasteiger partial charge in [0, 0.05) is 23.1 Å². The SMILES string of the molecule is CC(C)c1nc(CSc2nncn2C2CC2)cs1. The Morgan fingerprint density at radius 1 is 1.50 bits per heavy atom. The van der Waals surface area contributed by atoms with Crippen LogP contribution in [0.15, 0.2) is 16.9 Å². The first-order chi connectivity index (χ1) is 8.74. The number of thiazole rings is 1. The molecule has 0 saturated heterocycles. The van der Waals surface area contributed by atoms with E-state index in [0.29, 0.717) is 12.0 Å². The van der Waals surface area contributed by atoms with Gasteiger partial charge in [-0.2, -0.15) is 0 Å². The summed E-state index contributed by atoms with van der Waals surface area (Å²) in [6, 6.07) is 0.643. The van der Waals surface area contributed by atoms with Crippen LogP contribution in [0.1, 0.15) is 49.4 Å². The summed E-state index contributed by atoms with van der Waals surface area (Å²) in [4.78, 5) is 4.64. The summed E-state index contributed by atoms with van der Waals surface area (Å²) in [6.45, 7) is 4.36. The van der Waals surface area contributed by atoms with Crippen LogP contribution in [-0.4, -0.2) is 19.7 Å². The molecule has 0 aliphatic heterocycles. The van der Waals surface area contributed by atoms with Gasteiger partial charge in [0.1, 0.15) is 6.33 Å². The largest absolute Gasteiger partial charge is 0.306 e. The molecule has 1 fully saturated rings. The van der Waals surface area contributed by atoms with Crippen molar-refractivity contribution in [3.8, 4) is 0 Å². The van der Waals surface area contributed by atoms with E-state index in [-0.39, 0.29) is 0 Å². The summed E-state index contributed by atoms with van der Waals surface area (Å²) in [5, 5.41) is 12.6.